The Morgan fingerprint density at radius 2 is 2.05 bits per heavy atom. The topological polar surface area (TPSA) is 48.7 Å². The van der Waals surface area contributed by atoms with Crippen molar-refractivity contribution in [3.8, 4) is 6.07 Å². The first-order valence-electron chi connectivity index (χ1n) is 6.05. The third-order valence-electron chi connectivity index (χ3n) is 2.80. The van der Waals surface area contributed by atoms with Crippen LogP contribution in [-0.2, 0) is 6.42 Å². The van der Waals surface area contributed by atoms with Gasteiger partial charge in [-0.2, -0.15) is 5.26 Å². The molecule has 0 amide bonds. The largest absolute Gasteiger partial charge is 0.369 e. The number of pyridine rings is 1. The molecule has 2 rings (SSSR count). The molecule has 4 heteroatoms. The number of nitrogens with zero attached hydrogens (tertiary/aromatic N) is 2. The lowest BCUT2D eigenvalue weighted by atomic mass is 10.1. The van der Waals surface area contributed by atoms with E-state index in [2.05, 4.69) is 16.4 Å². The minimum Gasteiger partial charge on any atom is -0.369 e. The van der Waals surface area contributed by atoms with Crippen molar-refractivity contribution in [1.82, 2.24) is 4.98 Å². The fourth-order valence-electron chi connectivity index (χ4n) is 1.80. The number of hydrogen-bond donors (Lipinski definition) is 1. The van der Waals surface area contributed by atoms with Crippen molar-refractivity contribution < 1.29 is 4.39 Å². The summed E-state index contributed by atoms with van der Waals surface area (Å²) in [6.07, 6.45) is 0.549. The van der Waals surface area contributed by atoms with Gasteiger partial charge in [-0.1, -0.05) is 18.2 Å². The zero-order chi connectivity index (χ0) is 13.7. The lowest BCUT2D eigenvalue weighted by Gasteiger charge is -2.08. The second kappa shape index (κ2) is 5.96. The van der Waals surface area contributed by atoms with Crippen LogP contribution < -0.4 is 5.32 Å². The summed E-state index contributed by atoms with van der Waals surface area (Å²) in [4.78, 5) is 4.27. The molecule has 1 aromatic heterocycles. The maximum absolute atomic E-state index is 13.4. The van der Waals surface area contributed by atoms with Gasteiger partial charge in [-0.25, -0.2) is 9.37 Å². The molecule has 2 aromatic rings. The molecule has 19 heavy (non-hydrogen) atoms. The number of aromatic nitrogens is 1. The van der Waals surface area contributed by atoms with Gasteiger partial charge >= 0.3 is 0 Å². The third-order valence-corrected chi connectivity index (χ3v) is 2.80. The molecular weight excluding hydrogens is 241 g/mol. The molecule has 0 saturated carbocycles. The number of aryl methyl sites for hydroxylation is 1. The van der Waals surface area contributed by atoms with Gasteiger partial charge in [0, 0.05) is 12.2 Å². The minimum absolute atomic E-state index is 0.206. The second-order valence-corrected chi connectivity index (χ2v) is 4.23. The van der Waals surface area contributed by atoms with Crippen LogP contribution in [0.5, 0.6) is 0 Å². The van der Waals surface area contributed by atoms with Gasteiger partial charge < -0.3 is 5.32 Å². The standard InChI is InChI=1S/C15H14FN3/c1-11-6-7-13(10-17)15(19-11)18-9-8-12-4-2-3-5-14(12)16/h2-7H,8-9H2,1H3,(H,18,19). The van der Waals surface area contributed by atoms with Crippen molar-refractivity contribution in [3.63, 3.8) is 0 Å². The average molecular weight is 255 g/mol. The summed E-state index contributed by atoms with van der Waals surface area (Å²) in [5.41, 5.74) is 1.99. The molecule has 0 fully saturated rings. The van der Waals surface area contributed by atoms with E-state index in [1.807, 2.05) is 13.0 Å². The fourth-order valence-corrected chi connectivity index (χ4v) is 1.80. The number of nitriles is 1. The minimum atomic E-state index is -0.206. The maximum Gasteiger partial charge on any atom is 0.144 e. The SMILES string of the molecule is Cc1ccc(C#N)c(NCCc2ccccc2F)n1. The van der Waals surface area contributed by atoms with E-state index < -0.39 is 0 Å². The van der Waals surface area contributed by atoms with Crippen molar-refractivity contribution >= 4 is 5.82 Å². The molecule has 0 aliphatic rings. The van der Waals surface area contributed by atoms with Crippen LogP contribution in [0.1, 0.15) is 16.8 Å². The third kappa shape index (κ3) is 3.29. The van der Waals surface area contributed by atoms with Crippen LogP contribution in [0.15, 0.2) is 36.4 Å². The van der Waals surface area contributed by atoms with E-state index >= 15 is 0 Å². The Kier molecular flexibility index (Phi) is 4.09. The molecule has 1 heterocycles. The zero-order valence-corrected chi connectivity index (χ0v) is 10.7. The Morgan fingerprint density at radius 1 is 1.26 bits per heavy atom. The lowest BCUT2D eigenvalue weighted by molar-refractivity contribution is 0.610. The highest BCUT2D eigenvalue weighted by atomic mass is 19.1. The second-order valence-electron chi connectivity index (χ2n) is 4.23. The number of anilines is 1. The van der Waals surface area contributed by atoms with Crippen molar-refractivity contribution in [2.24, 2.45) is 0 Å². The summed E-state index contributed by atoms with van der Waals surface area (Å²) in [6.45, 7) is 2.40. The number of rotatable bonds is 4. The average Bonchev–Trinajstić information content (AvgIpc) is 2.41. The first-order chi connectivity index (χ1) is 9.20. The van der Waals surface area contributed by atoms with Gasteiger partial charge in [0.25, 0.3) is 0 Å². The van der Waals surface area contributed by atoms with Gasteiger partial charge in [0.05, 0.1) is 5.56 Å². The van der Waals surface area contributed by atoms with Crippen LogP contribution in [0.3, 0.4) is 0 Å². The van der Waals surface area contributed by atoms with Crippen LogP contribution in [0.2, 0.25) is 0 Å². The van der Waals surface area contributed by atoms with Crippen LogP contribution in [0, 0.1) is 24.1 Å². The molecule has 0 aliphatic heterocycles. The summed E-state index contributed by atoms with van der Waals surface area (Å²) in [5, 5.41) is 12.1. The van der Waals surface area contributed by atoms with Crippen molar-refractivity contribution in [2.45, 2.75) is 13.3 Å². The lowest BCUT2D eigenvalue weighted by Crippen LogP contribution is -2.09. The number of benzene rings is 1. The number of hydrogen-bond acceptors (Lipinski definition) is 3. The summed E-state index contributed by atoms with van der Waals surface area (Å²) < 4.78 is 13.4. The molecule has 1 aromatic carbocycles. The quantitative estimate of drug-likeness (QED) is 0.913. The summed E-state index contributed by atoms with van der Waals surface area (Å²) in [7, 11) is 0. The van der Waals surface area contributed by atoms with E-state index in [1.54, 1.807) is 24.3 Å². The van der Waals surface area contributed by atoms with E-state index in [4.69, 9.17) is 5.26 Å². The van der Waals surface area contributed by atoms with E-state index in [9.17, 15) is 4.39 Å². The molecule has 0 atom stereocenters. The van der Waals surface area contributed by atoms with Gasteiger partial charge in [-0.3, -0.25) is 0 Å². The Balaban J connectivity index is 2.02. The predicted molar refractivity (Wildman–Crippen MR) is 72.3 cm³/mol. The Morgan fingerprint density at radius 3 is 2.79 bits per heavy atom. The molecule has 0 saturated heterocycles. The highest BCUT2D eigenvalue weighted by Crippen LogP contribution is 2.13. The van der Waals surface area contributed by atoms with Gasteiger partial charge in [0.1, 0.15) is 17.7 Å². The number of halogens is 1. The highest BCUT2D eigenvalue weighted by molar-refractivity contribution is 5.52. The van der Waals surface area contributed by atoms with Crippen molar-refractivity contribution in [3.05, 3.63) is 59.0 Å². The molecule has 1 N–H and O–H groups in total. The molecule has 0 bridgehead atoms. The number of nitrogens with one attached hydrogen (secondary N) is 1. The zero-order valence-electron chi connectivity index (χ0n) is 10.7. The highest BCUT2D eigenvalue weighted by Gasteiger charge is 2.04. The summed E-state index contributed by atoms with van der Waals surface area (Å²) in [6, 6.07) is 12.3. The van der Waals surface area contributed by atoms with E-state index in [0.29, 0.717) is 29.9 Å². The van der Waals surface area contributed by atoms with Gasteiger partial charge in [0.15, 0.2) is 0 Å². The maximum atomic E-state index is 13.4. The first-order valence-corrected chi connectivity index (χ1v) is 6.05. The molecule has 0 radical (unpaired) electrons. The van der Waals surface area contributed by atoms with Crippen LogP contribution >= 0.6 is 0 Å². The van der Waals surface area contributed by atoms with Gasteiger partial charge in [0.2, 0.25) is 0 Å². The van der Waals surface area contributed by atoms with E-state index in [0.717, 1.165) is 5.69 Å². The fraction of sp³-hybridized carbons (Fsp3) is 0.200. The molecule has 0 unspecified atom stereocenters. The van der Waals surface area contributed by atoms with Crippen molar-refractivity contribution in [2.75, 3.05) is 11.9 Å². The van der Waals surface area contributed by atoms with E-state index in [1.165, 1.54) is 6.07 Å². The van der Waals surface area contributed by atoms with Crippen LogP contribution in [0.25, 0.3) is 0 Å². The molecule has 0 aliphatic carbocycles. The Hall–Kier alpha value is -2.41. The Labute approximate surface area is 111 Å². The molecule has 0 spiro atoms. The summed E-state index contributed by atoms with van der Waals surface area (Å²) >= 11 is 0. The molecular formula is C15H14FN3. The van der Waals surface area contributed by atoms with Crippen LogP contribution in [0.4, 0.5) is 10.2 Å². The normalized spacial score (nSPS) is 9.95. The molecule has 3 nitrogen and oxygen atoms in total. The van der Waals surface area contributed by atoms with Gasteiger partial charge in [-0.05, 0) is 37.1 Å². The Bertz CT molecular complexity index is 617. The smallest absolute Gasteiger partial charge is 0.144 e. The summed E-state index contributed by atoms with van der Waals surface area (Å²) in [5.74, 6) is 0.348. The van der Waals surface area contributed by atoms with Crippen molar-refractivity contribution in [1.29, 1.82) is 5.26 Å². The molecule has 96 valence electrons. The van der Waals surface area contributed by atoms with Crippen LogP contribution in [-0.4, -0.2) is 11.5 Å². The predicted octanol–water partition coefficient (Wildman–Crippen LogP) is 3.06. The first kappa shape index (κ1) is 13.0. The van der Waals surface area contributed by atoms with Gasteiger partial charge in [-0.15, -0.1) is 0 Å². The monoisotopic (exact) mass is 255 g/mol. The van der Waals surface area contributed by atoms with E-state index in [-0.39, 0.29) is 5.82 Å².